The van der Waals surface area contributed by atoms with Gasteiger partial charge in [0, 0.05) is 37.2 Å². The molecule has 5 heteroatoms. The van der Waals surface area contributed by atoms with E-state index in [0.717, 1.165) is 45.4 Å². The number of hydrogen-bond acceptors (Lipinski definition) is 4. The lowest BCUT2D eigenvalue weighted by atomic mass is 10.0. The van der Waals surface area contributed by atoms with Gasteiger partial charge in [-0.25, -0.2) is 0 Å². The van der Waals surface area contributed by atoms with E-state index in [1.165, 1.54) is 5.56 Å². The fourth-order valence-electron chi connectivity index (χ4n) is 3.63. The van der Waals surface area contributed by atoms with E-state index in [9.17, 15) is 4.79 Å². The second-order valence-electron chi connectivity index (χ2n) is 6.50. The van der Waals surface area contributed by atoms with Crippen molar-refractivity contribution in [2.75, 3.05) is 13.2 Å². The summed E-state index contributed by atoms with van der Waals surface area (Å²) in [4.78, 5) is 14.5. The molecule has 3 atom stereocenters. The molecule has 3 aliphatic rings. The molecule has 0 bridgehead atoms. The minimum absolute atomic E-state index is 0.135. The van der Waals surface area contributed by atoms with Crippen molar-refractivity contribution in [2.45, 2.75) is 50.4 Å². The van der Waals surface area contributed by atoms with Gasteiger partial charge in [0.05, 0.1) is 24.7 Å². The summed E-state index contributed by atoms with van der Waals surface area (Å²) in [5.74, 6) is 0.480. The predicted molar refractivity (Wildman–Crippen MR) is 76.5 cm³/mol. The Bertz CT molecular complexity index is 498. The number of ether oxygens (including phenoxy) is 1. The molecule has 1 N–H and O–H groups in total. The SMILES string of the molecule is O=C(N[C@@H]1CN(Cc2ccoc2)[C@@H]2CCCO[C@@H]21)C1CC1. The highest BCUT2D eigenvalue weighted by Gasteiger charge is 2.45. The van der Waals surface area contributed by atoms with Gasteiger partial charge in [-0.2, -0.15) is 0 Å². The number of hydrogen-bond donors (Lipinski definition) is 1. The monoisotopic (exact) mass is 290 g/mol. The van der Waals surface area contributed by atoms with Gasteiger partial charge in [-0.05, 0) is 31.7 Å². The van der Waals surface area contributed by atoms with Crippen LogP contribution in [0, 0.1) is 5.92 Å². The molecule has 0 spiro atoms. The van der Waals surface area contributed by atoms with Crippen LogP contribution < -0.4 is 5.32 Å². The minimum atomic E-state index is 0.135. The molecule has 1 aromatic heterocycles. The first kappa shape index (κ1) is 13.3. The lowest BCUT2D eigenvalue weighted by Crippen LogP contribution is -2.48. The van der Waals surface area contributed by atoms with Crippen molar-refractivity contribution in [3.8, 4) is 0 Å². The molecule has 3 fully saturated rings. The van der Waals surface area contributed by atoms with Gasteiger partial charge in [-0.1, -0.05) is 0 Å². The summed E-state index contributed by atoms with van der Waals surface area (Å²) in [5, 5.41) is 3.22. The summed E-state index contributed by atoms with van der Waals surface area (Å²) in [5.41, 5.74) is 1.19. The Labute approximate surface area is 124 Å². The zero-order valence-electron chi connectivity index (χ0n) is 12.2. The summed E-state index contributed by atoms with van der Waals surface area (Å²) >= 11 is 0. The van der Waals surface area contributed by atoms with E-state index in [1.54, 1.807) is 12.5 Å². The summed E-state index contributed by atoms with van der Waals surface area (Å²) in [6, 6.07) is 2.56. The molecule has 3 heterocycles. The first-order valence-electron chi connectivity index (χ1n) is 7.98. The van der Waals surface area contributed by atoms with Gasteiger partial charge >= 0.3 is 0 Å². The lowest BCUT2D eigenvalue weighted by molar-refractivity contribution is -0.124. The average molecular weight is 290 g/mol. The second-order valence-corrected chi connectivity index (χ2v) is 6.50. The highest BCUT2D eigenvalue weighted by molar-refractivity contribution is 5.81. The third-order valence-corrected chi connectivity index (χ3v) is 4.87. The smallest absolute Gasteiger partial charge is 0.223 e. The van der Waals surface area contributed by atoms with Crippen LogP contribution >= 0.6 is 0 Å². The number of carbonyl (C=O) groups is 1. The van der Waals surface area contributed by atoms with Crippen molar-refractivity contribution in [1.29, 1.82) is 0 Å². The molecular formula is C16H22N2O3. The van der Waals surface area contributed by atoms with Crippen LogP contribution in [0.25, 0.3) is 0 Å². The Morgan fingerprint density at radius 1 is 1.38 bits per heavy atom. The van der Waals surface area contributed by atoms with Gasteiger partial charge in [-0.15, -0.1) is 0 Å². The van der Waals surface area contributed by atoms with E-state index in [-0.39, 0.29) is 24.0 Å². The average Bonchev–Trinajstić information content (AvgIpc) is 3.14. The van der Waals surface area contributed by atoms with Gasteiger partial charge in [0.2, 0.25) is 5.91 Å². The molecule has 0 aromatic carbocycles. The fourth-order valence-corrected chi connectivity index (χ4v) is 3.63. The van der Waals surface area contributed by atoms with Crippen LogP contribution in [0.2, 0.25) is 0 Å². The van der Waals surface area contributed by atoms with E-state index in [1.807, 2.05) is 6.07 Å². The quantitative estimate of drug-likeness (QED) is 0.914. The lowest BCUT2D eigenvalue weighted by Gasteiger charge is -2.32. The molecule has 1 saturated carbocycles. The number of rotatable bonds is 4. The minimum Gasteiger partial charge on any atom is -0.472 e. The van der Waals surface area contributed by atoms with Crippen molar-refractivity contribution in [3.05, 3.63) is 24.2 Å². The van der Waals surface area contributed by atoms with Crippen LogP contribution in [0.4, 0.5) is 0 Å². The molecule has 114 valence electrons. The number of carbonyl (C=O) groups excluding carboxylic acids is 1. The van der Waals surface area contributed by atoms with Crippen molar-refractivity contribution in [2.24, 2.45) is 5.92 Å². The van der Waals surface area contributed by atoms with Crippen molar-refractivity contribution < 1.29 is 13.9 Å². The van der Waals surface area contributed by atoms with Gasteiger partial charge in [0.15, 0.2) is 0 Å². The van der Waals surface area contributed by atoms with E-state index in [0.29, 0.717) is 6.04 Å². The number of nitrogens with one attached hydrogen (secondary N) is 1. The Hall–Kier alpha value is -1.33. The van der Waals surface area contributed by atoms with Crippen molar-refractivity contribution >= 4 is 5.91 Å². The maximum absolute atomic E-state index is 12.1. The molecule has 0 unspecified atom stereocenters. The molecule has 0 radical (unpaired) electrons. The van der Waals surface area contributed by atoms with Crippen LogP contribution in [0.3, 0.4) is 0 Å². The summed E-state index contributed by atoms with van der Waals surface area (Å²) < 4.78 is 11.1. The normalized spacial score (nSPS) is 32.9. The molecule has 21 heavy (non-hydrogen) atoms. The van der Waals surface area contributed by atoms with Crippen LogP contribution in [-0.2, 0) is 16.1 Å². The predicted octanol–water partition coefficient (Wildman–Crippen LogP) is 1.54. The summed E-state index contributed by atoms with van der Waals surface area (Å²) in [6.45, 7) is 2.56. The molecule has 1 aromatic rings. The number of furan rings is 1. The molecule has 4 rings (SSSR count). The second kappa shape index (κ2) is 5.46. The summed E-state index contributed by atoms with van der Waals surface area (Å²) in [6.07, 6.45) is 8.01. The van der Waals surface area contributed by atoms with Gasteiger partial charge in [0.1, 0.15) is 0 Å². The molecule has 5 nitrogen and oxygen atoms in total. The van der Waals surface area contributed by atoms with E-state index in [2.05, 4.69) is 10.2 Å². The first-order chi connectivity index (χ1) is 10.3. The van der Waals surface area contributed by atoms with E-state index >= 15 is 0 Å². The number of likely N-dealkylation sites (tertiary alicyclic amines) is 1. The number of nitrogens with zero attached hydrogens (tertiary/aromatic N) is 1. The molecule has 2 aliphatic heterocycles. The molecule has 1 aliphatic carbocycles. The van der Waals surface area contributed by atoms with Gasteiger partial charge in [0.25, 0.3) is 0 Å². The number of amides is 1. The van der Waals surface area contributed by atoms with Gasteiger partial charge < -0.3 is 14.5 Å². The first-order valence-corrected chi connectivity index (χ1v) is 7.98. The third-order valence-electron chi connectivity index (χ3n) is 4.87. The largest absolute Gasteiger partial charge is 0.472 e. The molecular weight excluding hydrogens is 268 g/mol. The standard InChI is InChI=1S/C16H22N2O3/c19-16(12-3-4-12)17-13-9-18(8-11-5-7-20-10-11)14-2-1-6-21-15(13)14/h5,7,10,12-15H,1-4,6,8-9H2,(H,17,19)/t13-,14-,15-/m1/s1. The Morgan fingerprint density at radius 3 is 3.05 bits per heavy atom. The Kier molecular flexibility index (Phi) is 3.47. The Balaban J connectivity index is 1.45. The highest BCUT2D eigenvalue weighted by Crippen LogP contribution is 2.33. The zero-order chi connectivity index (χ0) is 14.2. The molecule has 2 saturated heterocycles. The summed E-state index contributed by atoms with van der Waals surface area (Å²) in [7, 11) is 0. The van der Waals surface area contributed by atoms with Crippen LogP contribution in [0.5, 0.6) is 0 Å². The Morgan fingerprint density at radius 2 is 2.29 bits per heavy atom. The zero-order valence-corrected chi connectivity index (χ0v) is 12.2. The third kappa shape index (κ3) is 2.72. The van der Waals surface area contributed by atoms with E-state index < -0.39 is 0 Å². The topological polar surface area (TPSA) is 54.7 Å². The maximum atomic E-state index is 12.1. The van der Waals surface area contributed by atoms with Crippen LogP contribution in [0.1, 0.15) is 31.2 Å². The van der Waals surface area contributed by atoms with Crippen molar-refractivity contribution in [1.82, 2.24) is 10.2 Å². The van der Waals surface area contributed by atoms with Gasteiger partial charge in [-0.3, -0.25) is 9.69 Å². The fraction of sp³-hybridized carbons (Fsp3) is 0.688. The van der Waals surface area contributed by atoms with E-state index in [4.69, 9.17) is 9.15 Å². The molecule has 1 amide bonds. The van der Waals surface area contributed by atoms with Crippen molar-refractivity contribution in [3.63, 3.8) is 0 Å². The van der Waals surface area contributed by atoms with Crippen LogP contribution in [0.15, 0.2) is 23.0 Å². The highest BCUT2D eigenvalue weighted by atomic mass is 16.5. The van der Waals surface area contributed by atoms with Crippen LogP contribution in [-0.4, -0.2) is 42.1 Å². The maximum Gasteiger partial charge on any atom is 0.223 e. The number of fused-ring (bicyclic) bond motifs is 1.